The van der Waals surface area contributed by atoms with Crippen molar-refractivity contribution >= 4 is 34.3 Å². The molecular formula is C11H16IN3O2. The summed E-state index contributed by atoms with van der Waals surface area (Å²) in [4.78, 5) is 14.9. The van der Waals surface area contributed by atoms with Gasteiger partial charge in [-0.2, -0.15) is 0 Å². The zero-order valence-corrected chi connectivity index (χ0v) is 12.1. The maximum absolute atomic E-state index is 10.6. The van der Waals surface area contributed by atoms with Gasteiger partial charge in [0.05, 0.1) is 16.9 Å². The lowest BCUT2D eigenvalue weighted by Gasteiger charge is -2.08. The topological polar surface area (TPSA) is 63.2 Å². The third-order valence-electron chi connectivity index (χ3n) is 2.07. The summed E-state index contributed by atoms with van der Waals surface area (Å²) in [6, 6.07) is 1.92. The number of halogens is 1. The Kier molecular flexibility index (Phi) is 6.03. The van der Waals surface area contributed by atoms with E-state index in [1.807, 2.05) is 6.07 Å². The van der Waals surface area contributed by atoms with Crippen molar-refractivity contribution in [1.82, 2.24) is 10.3 Å². The normalized spacial score (nSPS) is 9.82. The molecule has 2 N–H and O–H groups in total. The SMILES string of the molecule is COc1cnc(NCCCNC(C)=O)c(I)c1. The van der Waals surface area contributed by atoms with Gasteiger partial charge >= 0.3 is 0 Å². The monoisotopic (exact) mass is 349 g/mol. The minimum Gasteiger partial charge on any atom is -0.495 e. The van der Waals surface area contributed by atoms with E-state index >= 15 is 0 Å². The fourth-order valence-corrected chi connectivity index (χ4v) is 1.86. The van der Waals surface area contributed by atoms with Gasteiger partial charge in [0.2, 0.25) is 5.91 Å². The first-order chi connectivity index (χ1) is 8.13. The van der Waals surface area contributed by atoms with Crippen molar-refractivity contribution in [3.8, 4) is 5.75 Å². The maximum atomic E-state index is 10.6. The van der Waals surface area contributed by atoms with Crippen molar-refractivity contribution in [3.63, 3.8) is 0 Å². The molecule has 0 saturated heterocycles. The first-order valence-electron chi connectivity index (χ1n) is 5.31. The van der Waals surface area contributed by atoms with Crippen LogP contribution >= 0.6 is 22.6 Å². The average molecular weight is 349 g/mol. The Hall–Kier alpha value is -1.05. The minimum absolute atomic E-state index is 0.00199. The number of amides is 1. The second-order valence-electron chi connectivity index (χ2n) is 3.47. The van der Waals surface area contributed by atoms with Crippen LogP contribution in [0.5, 0.6) is 5.75 Å². The quantitative estimate of drug-likeness (QED) is 0.605. The number of rotatable bonds is 6. The largest absolute Gasteiger partial charge is 0.495 e. The number of carbonyl (C=O) groups is 1. The fourth-order valence-electron chi connectivity index (χ4n) is 1.22. The van der Waals surface area contributed by atoms with Crippen LogP contribution in [-0.4, -0.2) is 31.1 Å². The standard InChI is InChI=1S/C11H16IN3O2/c1-8(16)13-4-3-5-14-11-10(12)6-9(17-2)7-15-11/h6-7H,3-5H2,1-2H3,(H,13,16)(H,14,15). The summed E-state index contributed by atoms with van der Waals surface area (Å²) < 4.78 is 6.09. The number of pyridine rings is 1. The van der Waals surface area contributed by atoms with Gasteiger partial charge in [0.15, 0.2) is 0 Å². The molecule has 0 aliphatic heterocycles. The Bertz CT molecular complexity index is 385. The number of hydrogen-bond acceptors (Lipinski definition) is 4. The van der Waals surface area contributed by atoms with E-state index in [1.54, 1.807) is 13.3 Å². The van der Waals surface area contributed by atoms with Crippen LogP contribution in [0.25, 0.3) is 0 Å². The molecule has 5 nitrogen and oxygen atoms in total. The van der Waals surface area contributed by atoms with Gasteiger partial charge in [-0.15, -0.1) is 0 Å². The number of carbonyl (C=O) groups excluding carboxylic acids is 1. The molecule has 1 aromatic rings. The molecular weight excluding hydrogens is 333 g/mol. The van der Waals surface area contributed by atoms with Crippen molar-refractivity contribution in [2.24, 2.45) is 0 Å². The van der Waals surface area contributed by atoms with Gasteiger partial charge in [-0.3, -0.25) is 4.79 Å². The number of aromatic nitrogens is 1. The summed E-state index contributed by atoms with van der Waals surface area (Å²) in [5, 5.41) is 5.96. The van der Waals surface area contributed by atoms with Crippen molar-refractivity contribution in [2.75, 3.05) is 25.5 Å². The molecule has 0 atom stereocenters. The van der Waals surface area contributed by atoms with Crippen LogP contribution in [0.3, 0.4) is 0 Å². The summed E-state index contributed by atoms with van der Waals surface area (Å²) >= 11 is 2.21. The van der Waals surface area contributed by atoms with E-state index in [1.165, 1.54) is 6.92 Å². The van der Waals surface area contributed by atoms with E-state index in [-0.39, 0.29) is 5.91 Å². The molecule has 1 rings (SSSR count). The highest BCUT2D eigenvalue weighted by Gasteiger charge is 2.02. The third kappa shape index (κ3) is 5.20. The van der Waals surface area contributed by atoms with Gasteiger partial charge in [-0.05, 0) is 35.1 Å². The third-order valence-corrected chi connectivity index (χ3v) is 2.89. The summed E-state index contributed by atoms with van der Waals surface area (Å²) in [6.07, 6.45) is 2.54. The molecule has 0 saturated carbocycles. The fraction of sp³-hybridized carbons (Fsp3) is 0.455. The van der Waals surface area contributed by atoms with Crippen LogP contribution in [-0.2, 0) is 4.79 Å². The number of methoxy groups -OCH3 is 1. The first kappa shape index (κ1) is 14.0. The molecule has 1 amide bonds. The Morgan fingerprint density at radius 3 is 2.88 bits per heavy atom. The summed E-state index contributed by atoms with van der Waals surface area (Å²) in [6.45, 7) is 2.96. The number of nitrogens with zero attached hydrogens (tertiary/aromatic N) is 1. The lowest BCUT2D eigenvalue weighted by Crippen LogP contribution is -2.22. The molecule has 0 fully saturated rings. The van der Waals surface area contributed by atoms with Crippen LogP contribution in [0.1, 0.15) is 13.3 Å². The zero-order valence-electron chi connectivity index (χ0n) is 9.92. The highest BCUT2D eigenvalue weighted by Crippen LogP contribution is 2.20. The maximum Gasteiger partial charge on any atom is 0.216 e. The predicted molar refractivity (Wildman–Crippen MR) is 75.3 cm³/mol. The second kappa shape index (κ2) is 7.31. The number of hydrogen-bond donors (Lipinski definition) is 2. The van der Waals surface area contributed by atoms with Gasteiger partial charge < -0.3 is 15.4 Å². The van der Waals surface area contributed by atoms with Crippen molar-refractivity contribution in [1.29, 1.82) is 0 Å². The van der Waals surface area contributed by atoms with Gasteiger partial charge in [-0.1, -0.05) is 0 Å². The number of nitrogens with one attached hydrogen (secondary N) is 2. The van der Waals surface area contributed by atoms with E-state index in [2.05, 4.69) is 38.2 Å². The second-order valence-corrected chi connectivity index (χ2v) is 4.63. The van der Waals surface area contributed by atoms with Gasteiger partial charge in [0, 0.05) is 20.0 Å². The number of ether oxygens (including phenoxy) is 1. The first-order valence-corrected chi connectivity index (χ1v) is 6.39. The molecule has 0 aliphatic rings. The Morgan fingerprint density at radius 2 is 2.29 bits per heavy atom. The summed E-state index contributed by atoms with van der Waals surface area (Å²) in [5.41, 5.74) is 0. The highest BCUT2D eigenvalue weighted by atomic mass is 127. The molecule has 17 heavy (non-hydrogen) atoms. The molecule has 0 bridgehead atoms. The molecule has 0 unspecified atom stereocenters. The average Bonchev–Trinajstić information content (AvgIpc) is 2.30. The van der Waals surface area contributed by atoms with Crippen LogP contribution in [0.2, 0.25) is 0 Å². The lowest BCUT2D eigenvalue weighted by atomic mass is 10.4. The van der Waals surface area contributed by atoms with E-state index < -0.39 is 0 Å². The molecule has 6 heteroatoms. The molecule has 0 spiro atoms. The van der Waals surface area contributed by atoms with Crippen molar-refractivity contribution in [2.45, 2.75) is 13.3 Å². The van der Waals surface area contributed by atoms with Crippen LogP contribution in [0.4, 0.5) is 5.82 Å². The Morgan fingerprint density at radius 1 is 1.53 bits per heavy atom. The van der Waals surface area contributed by atoms with Crippen molar-refractivity contribution < 1.29 is 9.53 Å². The van der Waals surface area contributed by atoms with E-state index in [0.717, 1.165) is 28.1 Å². The highest BCUT2D eigenvalue weighted by molar-refractivity contribution is 14.1. The molecule has 0 aromatic carbocycles. The zero-order chi connectivity index (χ0) is 12.7. The van der Waals surface area contributed by atoms with Crippen LogP contribution in [0.15, 0.2) is 12.3 Å². The van der Waals surface area contributed by atoms with Gasteiger partial charge in [0.25, 0.3) is 0 Å². The Labute approximate surface area is 114 Å². The van der Waals surface area contributed by atoms with Crippen LogP contribution < -0.4 is 15.4 Å². The van der Waals surface area contributed by atoms with E-state index in [9.17, 15) is 4.79 Å². The summed E-state index contributed by atoms with van der Waals surface area (Å²) in [7, 11) is 1.62. The molecule has 94 valence electrons. The number of anilines is 1. The van der Waals surface area contributed by atoms with Crippen molar-refractivity contribution in [3.05, 3.63) is 15.8 Å². The smallest absolute Gasteiger partial charge is 0.216 e. The van der Waals surface area contributed by atoms with Gasteiger partial charge in [-0.25, -0.2) is 4.98 Å². The molecule has 0 aliphatic carbocycles. The van der Waals surface area contributed by atoms with E-state index in [0.29, 0.717) is 6.54 Å². The lowest BCUT2D eigenvalue weighted by molar-refractivity contribution is -0.118. The Balaban J connectivity index is 2.34. The summed E-state index contributed by atoms with van der Waals surface area (Å²) in [5.74, 6) is 1.59. The van der Waals surface area contributed by atoms with Gasteiger partial charge in [0.1, 0.15) is 11.6 Å². The molecule has 0 radical (unpaired) electrons. The molecule has 1 heterocycles. The molecule has 1 aromatic heterocycles. The van der Waals surface area contributed by atoms with Crippen LogP contribution in [0, 0.1) is 3.57 Å². The minimum atomic E-state index is 0.00199. The predicted octanol–water partition coefficient (Wildman–Crippen LogP) is 1.63. The van der Waals surface area contributed by atoms with E-state index in [4.69, 9.17) is 4.74 Å².